The molecule has 1 aromatic carbocycles. The molecule has 1 aliphatic rings. The molecule has 1 fully saturated rings. The van der Waals surface area contributed by atoms with Crippen LogP contribution < -0.4 is 5.73 Å². The lowest BCUT2D eigenvalue weighted by Crippen LogP contribution is -2.39. The summed E-state index contributed by atoms with van der Waals surface area (Å²) in [5.74, 6) is -1.66. The van der Waals surface area contributed by atoms with Gasteiger partial charge in [0.05, 0.1) is 6.61 Å². The second-order valence-electron chi connectivity index (χ2n) is 4.61. The first-order valence-corrected chi connectivity index (χ1v) is 6.08. The molecule has 3 nitrogen and oxygen atoms in total. The molecule has 2 rings (SSSR count). The Balaban J connectivity index is 2.18. The molecular formula is C13H18F2N2O. The average molecular weight is 256 g/mol. The van der Waals surface area contributed by atoms with Gasteiger partial charge in [-0.25, -0.2) is 8.78 Å². The van der Waals surface area contributed by atoms with Crippen molar-refractivity contribution in [2.45, 2.75) is 18.5 Å². The van der Waals surface area contributed by atoms with Crippen molar-refractivity contribution in [3.8, 4) is 0 Å². The first-order valence-electron chi connectivity index (χ1n) is 6.08. The van der Waals surface area contributed by atoms with E-state index in [0.717, 1.165) is 19.1 Å². The van der Waals surface area contributed by atoms with Gasteiger partial charge in [0, 0.05) is 25.2 Å². The Kier molecular flexibility index (Phi) is 4.27. The van der Waals surface area contributed by atoms with Gasteiger partial charge in [-0.3, -0.25) is 4.90 Å². The van der Waals surface area contributed by atoms with Gasteiger partial charge >= 0.3 is 0 Å². The minimum absolute atomic E-state index is 0.119. The third kappa shape index (κ3) is 2.68. The van der Waals surface area contributed by atoms with E-state index in [1.165, 1.54) is 6.07 Å². The quantitative estimate of drug-likeness (QED) is 0.891. The Hall–Kier alpha value is -1.04. The standard InChI is InChI=1S/C13H18F2N2O/c1-17(10-4-5-18-8-10)13(7-16)9-2-3-11(14)12(15)6-9/h2-3,6,10,13H,4-5,7-8,16H2,1H3. The van der Waals surface area contributed by atoms with Crippen molar-refractivity contribution in [3.63, 3.8) is 0 Å². The topological polar surface area (TPSA) is 38.5 Å². The highest BCUT2D eigenvalue weighted by atomic mass is 19.2. The van der Waals surface area contributed by atoms with Crippen LogP contribution >= 0.6 is 0 Å². The minimum Gasteiger partial charge on any atom is -0.380 e. The van der Waals surface area contributed by atoms with Crippen LogP contribution in [0.1, 0.15) is 18.0 Å². The van der Waals surface area contributed by atoms with Crippen LogP contribution in [0.3, 0.4) is 0 Å². The highest BCUT2D eigenvalue weighted by molar-refractivity contribution is 5.22. The van der Waals surface area contributed by atoms with Crippen LogP contribution in [0.2, 0.25) is 0 Å². The lowest BCUT2D eigenvalue weighted by Gasteiger charge is -2.31. The number of halogens is 2. The second kappa shape index (κ2) is 5.73. The number of nitrogens with zero attached hydrogens (tertiary/aromatic N) is 1. The highest BCUT2D eigenvalue weighted by Crippen LogP contribution is 2.25. The molecule has 1 aromatic rings. The van der Waals surface area contributed by atoms with Crippen LogP contribution in [0.25, 0.3) is 0 Å². The molecule has 0 saturated carbocycles. The van der Waals surface area contributed by atoms with Crippen LogP contribution in [0.15, 0.2) is 18.2 Å². The predicted octanol–water partition coefficient (Wildman–Crippen LogP) is 1.69. The smallest absolute Gasteiger partial charge is 0.159 e. The van der Waals surface area contributed by atoms with E-state index in [9.17, 15) is 8.78 Å². The summed E-state index contributed by atoms with van der Waals surface area (Å²) in [6.07, 6.45) is 0.941. The molecule has 2 unspecified atom stereocenters. The Morgan fingerprint density at radius 1 is 1.44 bits per heavy atom. The van der Waals surface area contributed by atoms with Gasteiger partial charge in [-0.1, -0.05) is 6.07 Å². The maximum Gasteiger partial charge on any atom is 0.159 e. The largest absolute Gasteiger partial charge is 0.380 e. The Bertz CT molecular complexity index is 408. The van der Waals surface area contributed by atoms with Crippen molar-refractivity contribution in [1.82, 2.24) is 4.90 Å². The molecule has 0 aromatic heterocycles. The van der Waals surface area contributed by atoms with Gasteiger partial charge in [0.2, 0.25) is 0 Å². The second-order valence-corrected chi connectivity index (χ2v) is 4.61. The summed E-state index contributed by atoms with van der Waals surface area (Å²) in [7, 11) is 1.94. The summed E-state index contributed by atoms with van der Waals surface area (Å²) >= 11 is 0. The molecule has 2 N–H and O–H groups in total. The summed E-state index contributed by atoms with van der Waals surface area (Å²) in [4.78, 5) is 2.08. The molecule has 1 saturated heterocycles. The molecule has 18 heavy (non-hydrogen) atoms. The SMILES string of the molecule is CN(C1CCOC1)C(CN)c1ccc(F)c(F)c1. The molecule has 0 amide bonds. The zero-order valence-corrected chi connectivity index (χ0v) is 10.4. The molecule has 5 heteroatoms. The molecule has 2 atom stereocenters. The zero-order chi connectivity index (χ0) is 13.1. The molecule has 1 heterocycles. The molecule has 100 valence electrons. The van der Waals surface area contributed by atoms with Crippen molar-refractivity contribution >= 4 is 0 Å². The molecule has 0 aliphatic carbocycles. The number of benzene rings is 1. The van der Waals surface area contributed by atoms with Crippen LogP contribution in [0.5, 0.6) is 0 Å². The Morgan fingerprint density at radius 3 is 2.78 bits per heavy atom. The van der Waals surface area contributed by atoms with Gasteiger partial charge in [0.1, 0.15) is 0 Å². The van der Waals surface area contributed by atoms with Gasteiger partial charge < -0.3 is 10.5 Å². The van der Waals surface area contributed by atoms with Gasteiger partial charge in [0.25, 0.3) is 0 Å². The number of hydrogen-bond donors (Lipinski definition) is 1. The van der Waals surface area contributed by atoms with E-state index < -0.39 is 11.6 Å². The molecular weight excluding hydrogens is 238 g/mol. The minimum atomic E-state index is -0.832. The van der Waals surface area contributed by atoms with Gasteiger partial charge in [-0.05, 0) is 31.2 Å². The Labute approximate surface area is 106 Å². The number of likely N-dealkylation sites (N-methyl/N-ethyl adjacent to an activating group) is 1. The van der Waals surface area contributed by atoms with E-state index in [-0.39, 0.29) is 12.1 Å². The first kappa shape index (κ1) is 13.4. The van der Waals surface area contributed by atoms with Gasteiger partial charge in [-0.15, -0.1) is 0 Å². The van der Waals surface area contributed by atoms with Crippen LogP contribution in [0, 0.1) is 11.6 Å². The summed E-state index contributed by atoms with van der Waals surface area (Å²) in [6, 6.07) is 4.12. The van der Waals surface area contributed by atoms with E-state index >= 15 is 0 Å². The molecule has 0 radical (unpaired) electrons. The number of rotatable bonds is 4. The van der Waals surface area contributed by atoms with E-state index in [4.69, 9.17) is 10.5 Å². The normalized spacial score (nSPS) is 21.5. The van der Waals surface area contributed by atoms with Crippen molar-refractivity contribution in [2.24, 2.45) is 5.73 Å². The fourth-order valence-corrected chi connectivity index (χ4v) is 2.35. The lowest BCUT2D eigenvalue weighted by molar-refractivity contribution is 0.134. The van der Waals surface area contributed by atoms with Crippen LogP contribution in [0.4, 0.5) is 8.78 Å². The van der Waals surface area contributed by atoms with Gasteiger partial charge in [-0.2, -0.15) is 0 Å². The maximum atomic E-state index is 13.3. The third-order valence-corrected chi connectivity index (χ3v) is 3.52. The van der Waals surface area contributed by atoms with Crippen LogP contribution in [-0.4, -0.2) is 37.7 Å². The van der Waals surface area contributed by atoms with Crippen molar-refractivity contribution in [1.29, 1.82) is 0 Å². The average Bonchev–Trinajstić information content (AvgIpc) is 2.88. The Morgan fingerprint density at radius 2 is 2.22 bits per heavy atom. The van der Waals surface area contributed by atoms with E-state index in [2.05, 4.69) is 4.90 Å². The number of ether oxygens (including phenoxy) is 1. The fourth-order valence-electron chi connectivity index (χ4n) is 2.35. The fraction of sp³-hybridized carbons (Fsp3) is 0.538. The molecule has 0 spiro atoms. The van der Waals surface area contributed by atoms with Gasteiger partial charge in [0.15, 0.2) is 11.6 Å². The zero-order valence-electron chi connectivity index (χ0n) is 10.4. The van der Waals surface area contributed by atoms with Crippen molar-refractivity contribution in [2.75, 3.05) is 26.8 Å². The van der Waals surface area contributed by atoms with Crippen LogP contribution in [-0.2, 0) is 4.74 Å². The van der Waals surface area contributed by atoms with E-state index in [1.54, 1.807) is 6.07 Å². The predicted molar refractivity (Wildman–Crippen MR) is 65.1 cm³/mol. The number of hydrogen-bond acceptors (Lipinski definition) is 3. The summed E-state index contributed by atoms with van der Waals surface area (Å²) in [6.45, 7) is 1.76. The summed E-state index contributed by atoms with van der Waals surface area (Å²) in [5.41, 5.74) is 6.46. The maximum absolute atomic E-state index is 13.3. The highest BCUT2D eigenvalue weighted by Gasteiger charge is 2.26. The molecule has 1 aliphatic heterocycles. The lowest BCUT2D eigenvalue weighted by atomic mass is 10.0. The summed E-state index contributed by atoms with van der Waals surface area (Å²) < 4.78 is 31.5. The molecule has 0 bridgehead atoms. The van der Waals surface area contributed by atoms with Crippen molar-refractivity contribution in [3.05, 3.63) is 35.4 Å². The van der Waals surface area contributed by atoms with E-state index in [0.29, 0.717) is 18.7 Å². The third-order valence-electron chi connectivity index (χ3n) is 3.52. The van der Waals surface area contributed by atoms with E-state index in [1.807, 2.05) is 7.05 Å². The monoisotopic (exact) mass is 256 g/mol. The first-order chi connectivity index (χ1) is 8.63. The number of nitrogens with two attached hydrogens (primary N) is 1. The summed E-state index contributed by atoms with van der Waals surface area (Å²) in [5, 5.41) is 0. The van der Waals surface area contributed by atoms with Crippen molar-refractivity contribution < 1.29 is 13.5 Å².